The minimum atomic E-state index is -3.82. The fourth-order valence-corrected chi connectivity index (χ4v) is 6.86. The Balaban J connectivity index is 1.46. The first-order valence-electron chi connectivity index (χ1n) is 11.5. The minimum absolute atomic E-state index is 0.107. The van der Waals surface area contributed by atoms with Crippen LogP contribution in [0.3, 0.4) is 0 Å². The van der Waals surface area contributed by atoms with Crippen LogP contribution < -0.4 is 9.62 Å². The van der Waals surface area contributed by atoms with Crippen molar-refractivity contribution in [2.24, 2.45) is 0 Å². The number of alkyl halides is 2. The van der Waals surface area contributed by atoms with Crippen LogP contribution in [0.25, 0.3) is 16.2 Å². The van der Waals surface area contributed by atoms with E-state index >= 15 is 0 Å². The molecule has 1 N–H and O–H groups in total. The maximum absolute atomic E-state index is 13.3. The van der Waals surface area contributed by atoms with E-state index in [2.05, 4.69) is 29.7 Å². The Bertz CT molecular complexity index is 1370. The van der Waals surface area contributed by atoms with Crippen LogP contribution in [-0.4, -0.2) is 84.0 Å². The van der Waals surface area contributed by atoms with Crippen molar-refractivity contribution in [2.75, 3.05) is 44.3 Å². The number of piperazine rings is 1. The van der Waals surface area contributed by atoms with Crippen molar-refractivity contribution >= 4 is 38.1 Å². The van der Waals surface area contributed by atoms with Gasteiger partial charge >= 0.3 is 0 Å². The number of fused-ring (bicyclic) bond motifs is 2. The lowest BCUT2D eigenvalue weighted by Crippen LogP contribution is -2.58. The number of ether oxygens (including phenoxy) is 1. The molecule has 2 aromatic heterocycles. The molecular weight excluding hydrogens is 500 g/mol. The molecule has 4 heterocycles. The maximum atomic E-state index is 13.3. The molecule has 0 bridgehead atoms. The highest BCUT2D eigenvalue weighted by molar-refractivity contribution is 7.89. The van der Waals surface area contributed by atoms with Crippen LogP contribution in [0, 0.1) is 0 Å². The third-order valence-electron chi connectivity index (χ3n) is 6.90. The van der Waals surface area contributed by atoms with Gasteiger partial charge in [0.2, 0.25) is 15.2 Å². The van der Waals surface area contributed by atoms with Gasteiger partial charge in [-0.1, -0.05) is 11.3 Å². The van der Waals surface area contributed by atoms with Crippen molar-refractivity contribution in [2.45, 2.75) is 42.7 Å². The Morgan fingerprint density at radius 1 is 1.23 bits per heavy atom. The molecule has 10 nitrogen and oxygen atoms in total. The van der Waals surface area contributed by atoms with Crippen molar-refractivity contribution in [3.05, 3.63) is 23.5 Å². The summed E-state index contributed by atoms with van der Waals surface area (Å²) in [6, 6.07) is 3.40. The minimum Gasteiger partial charge on any atom is -0.378 e. The Kier molecular flexibility index (Phi) is 5.56. The lowest BCUT2D eigenvalue weighted by atomic mass is 10.1. The van der Waals surface area contributed by atoms with E-state index in [9.17, 15) is 17.2 Å². The second-order valence-electron chi connectivity index (χ2n) is 9.53. The summed E-state index contributed by atoms with van der Waals surface area (Å²) in [5, 5.41) is 7.27. The zero-order valence-electron chi connectivity index (χ0n) is 19.0. The van der Waals surface area contributed by atoms with Crippen molar-refractivity contribution in [3.8, 4) is 5.13 Å². The quantitative estimate of drug-likeness (QED) is 0.522. The van der Waals surface area contributed by atoms with E-state index in [0.717, 1.165) is 37.3 Å². The number of halogens is 2. The normalized spacial score (nSPS) is 22.6. The van der Waals surface area contributed by atoms with Crippen LogP contribution in [0.4, 0.5) is 14.5 Å². The Morgan fingerprint density at radius 3 is 2.80 bits per heavy atom. The van der Waals surface area contributed by atoms with E-state index in [4.69, 9.17) is 4.74 Å². The molecule has 3 aliphatic rings. The zero-order valence-corrected chi connectivity index (χ0v) is 20.7. The lowest BCUT2D eigenvalue weighted by Gasteiger charge is -2.44. The summed E-state index contributed by atoms with van der Waals surface area (Å²) < 4.78 is 63.0. The van der Waals surface area contributed by atoms with Crippen LogP contribution in [0.1, 0.15) is 31.2 Å². The maximum Gasteiger partial charge on any atom is 0.291 e. The van der Waals surface area contributed by atoms with Gasteiger partial charge in [0, 0.05) is 31.7 Å². The van der Waals surface area contributed by atoms with E-state index < -0.39 is 27.0 Å². The van der Waals surface area contributed by atoms with E-state index in [1.54, 1.807) is 6.07 Å². The van der Waals surface area contributed by atoms with Crippen LogP contribution in [0.2, 0.25) is 0 Å². The van der Waals surface area contributed by atoms with Crippen LogP contribution in [0.5, 0.6) is 0 Å². The van der Waals surface area contributed by atoms with Gasteiger partial charge in [-0.3, -0.25) is 9.47 Å². The van der Waals surface area contributed by atoms with Gasteiger partial charge in [0.25, 0.3) is 6.43 Å². The number of nitrogens with zero attached hydrogens (tertiary/aromatic N) is 6. The molecule has 14 heteroatoms. The first kappa shape index (κ1) is 23.2. The number of sulfonamides is 1. The third kappa shape index (κ3) is 4.31. The summed E-state index contributed by atoms with van der Waals surface area (Å²) in [7, 11) is -3.82. The van der Waals surface area contributed by atoms with Gasteiger partial charge in [-0.15, -0.1) is 10.2 Å². The highest BCUT2D eigenvalue weighted by atomic mass is 32.2. The van der Waals surface area contributed by atoms with Gasteiger partial charge in [0.05, 0.1) is 35.4 Å². The summed E-state index contributed by atoms with van der Waals surface area (Å²) in [5.74, 6) is 0. The molecule has 188 valence electrons. The lowest BCUT2D eigenvalue weighted by molar-refractivity contribution is -0.0116. The molecule has 0 spiro atoms. The zero-order chi connectivity index (χ0) is 24.4. The molecule has 3 fully saturated rings. The van der Waals surface area contributed by atoms with Crippen molar-refractivity contribution < 1.29 is 21.9 Å². The van der Waals surface area contributed by atoms with Crippen LogP contribution in [-0.2, 0) is 14.8 Å². The second-order valence-corrected chi connectivity index (χ2v) is 12.2. The highest BCUT2D eigenvalue weighted by Crippen LogP contribution is 2.38. The van der Waals surface area contributed by atoms with Gasteiger partial charge in [0.1, 0.15) is 11.8 Å². The molecule has 0 radical (unpaired) electrons. The molecule has 1 aromatic carbocycles. The fraction of sp³-hybridized carbons (Fsp3) is 0.571. The monoisotopic (exact) mass is 525 g/mol. The largest absolute Gasteiger partial charge is 0.378 e. The van der Waals surface area contributed by atoms with E-state index in [-0.39, 0.29) is 16.1 Å². The van der Waals surface area contributed by atoms with Gasteiger partial charge in [-0.25, -0.2) is 26.9 Å². The molecular formula is C21H25F2N7O3S2. The van der Waals surface area contributed by atoms with Crippen LogP contribution >= 0.6 is 11.3 Å². The van der Waals surface area contributed by atoms with Gasteiger partial charge in [-0.05, 0) is 31.9 Å². The van der Waals surface area contributed by atoms with Gasteiger partial charge < -0.3 is 9.64 Å². The summed E-state index contributed by atoms with van der Waals surface area (Å²) in [4.78, 5) is 9.18. The molecule has 0 unspecified atom stereocenters. The summed E-state index contributed by atoms with van der Waals surface area (Å²) in [5.41, 5.74) is 1.31. The summed E-state index contributed by atoms with van der Waals surface area (Å²) in [6.07, 6.45) is 0.310. The van der Waals surface area contributed by atoms with E-state index in [1.165, 1.54) is 17.0 Å². The number of morpholine rings is 1. The van der Waals surface area contributed by atoms with Gasteiger partial charge in [-0.2, -0.15) is 0 Å². The highest BCUT2D eigenvalue weighted by Gasteiger charge is 2.41. The molecule has 2 saturated heterocycles. The Labute approximate surface area is 204 Å². The first-order chi connectivity index (χ1) is 16.7. The molecule has 0 amide bonds. The average molecular weight is 526 g/mol. The fourth-order valence-electron chi connectivity index (χ4n) is 4.67. The predicted molar refractivity (Wildman–Crippen MR) is 126 cm³/mol. The molecule has 3 aromatic rings. The standard InChI is InChI=1S/C21H25F2N7O3S2/c1-21(2-3-21)27-35(31,32)14-8-15(29-5-4-28-6-7-33-11-13(28)10-29)17-16(9-14)30(12-24-17)20-26-25-19(34-20)18(22)23/h8-9,12-13,18,27H,2-7,10-11H2,1H3/t13-/m1/s1. The molecule has 1 atom stereocenters. The third-order valence-corrected chi connectivity index (χ3v) is 9.44. The van der Waals surface area contributed by atoms with E-state index in [0.29, 0.717) is 43.0 Å². The smallest absolute Gasteiger partial charge is 0.291 e. The number of imidazole rings is 1. The Morgan fingerprint density at radius 2 is 2.06 bits per heavy atom. The Hall–Kier alpha value is -2.26. The number of nitrogens with one attached hydrogen (secondary N) is 1. The molecule has 1 saturated carbocycles. The second kappa shape index (κ2) is 8.40. The number of rotatable bonds is 6. The number of anilines is 1. The summed E-state index contributed by atoms with van der Waals surface area (Å²) >= 11 is 0.752. The molecule has 6 rings (SSSR count). The SMILES string of the molecule is CC1(NS(=O)(=O)c2cc(N3CCN4CCOC[C@H]4C3)c3ncn(-c4nnc(C(F)F)s4)c3c2)CC1. The average Bonchev–Trinajstić information content (AvgIpc) is 3.22. The van der Waals surface area contributed by atoms with E-state index in [1.807, 2.05) is 6.92 Å². The van der Waals surface area contributed by atoms with Crippen molar-refractivity contribution in [1.29, 1.82) is 0 Å². The molecule has 1 aliphatic carbocycles. The number of hydrogen-bond donors (Lipinski definition) is 1. The first-order valence-corrected chi connectivity index (χ1v) is 13.8. The van der Waals surface area contributed by atoms with Crippen molar-refractivity contribution in [1.82, 2.24) is 29.4 Å². The van der Waals surface area contributed by atoms with Crippen LogP contribution in [0.15, 0.2) is 23.4 Å². The summed E-state index contributed by atoms with van der Waals surface area (Å²) in [6.45, 7) is 6.30. The van der Waals surface area contributed by atoms with Gasteiger partial charge in [0.15, 0.2) is 5.01 Å². The number of hydrogen-bond acceptors (Lipinski definition) is 9. The van der Waals surface area contributed by atoms with Crippen molar-refractivity contribution in [3.63, 3.8) is 0 Å². The molecule has 2 aliphatic heterocycles. The molecule has 35 heavy (non-hydrogen) atoms. The topological polar surface area (TPSA) is 105 Å². The number of benzene rings is 1. The number of aromatic nitrogens is 4. The predicted octanol–water partition coefficient (Wildman–Crippen LogP) is 2.17.